The van der Waals surface area contributed by atoms with Crippen molar-refractivity contribution in [1.29, 1.82) is 0 Å². The Balaban J connectivity index is 1.76. The third-order valence-electron chi connectivity index (χ3n) is 3.89. The Morgan fingerprint density at radius 2 is 2.21 bits per heavy atom. The van der Waals surface area contributed by atoms with E-state index in [0.29, 0.717) is 12.0 Å². The second-order valence-corrected chi connectivity index (χ2v) is 6.10. The normalized spacial score (nSPS) is 24.4. The third-order valence-corrected chi connectivity index (χ3v) is 4.59. The van der Waals surface area contributed by atoms with E-state index < -0.39 is 0 Å². The predicted molar refractivity (Wildman–Crippen MR) is 83.6 cm³/mol. The SMILES string of the molecule is COC1CN(CCNc2ccccc2Br)CCC1C. The molecule has 2 unspecified atom stereocenters. The summed E-state index contributed by atoms with van der Waals surface area (Å²) in [5.74, 6) is 0.678. The fourth-order valence-electron chi connectivity index (χ4n) is 2.56. The molecule has 0 amide bonds. The van der Waals surface area contributed by atoms with Gasteiger partial charge in [-0.2, -0.15) is 0 Å². The van der Waals surface area contributed by atoms with E-state index >= 15 is 0 Å². The lowest BCUT2D eigenvalue weighted by molar-refractivity contribution is -0.00357. The highest BCUT2D eigenvalue weighted by atomic mass is 79.9. The van der Waals surface area contributed by atoms with Gasteiger partial charge in [0.25, 0.3) is 0 Å². The summed E-state index contributed by atoms with van der Waals surface area (Å²) in [6.07, 6.45) is 1.62. The molecule has 0 spiro atoms. The van der Waals surface area contributed by atoms with Gasteiger partial charge in [0.05, 0.1) is 6.10 Å². The maximum absolute atomic E-state index is 5.55. The molecule has 19 heavy (non-hydrogen) atoms. The van der Waals surface area contributed by atoms with Crippen molar-refractivity contribution in [3.05, 3.63) is 28.7 Å². The van der Waals surface area contributed by atoms with Gasteiger partial charge in [0, 0.05) is 36.9 Å². The summed E-state index contributed by atoms with van der Waals surface area (Å²) in [6, 6.07) is 8.24. The second kappa shape index (κ2) is 7.27. The van der Waals surface area contributed by atoms with Crippen molar-refractivity contribution in [3.63, 3.8) is 0 Å². The fraction of sp³-hybridized carbons (Fsp3) is 0.600. The molecule has 1 aliphatic rings. The van der Waals surface area contributed by atoms with E-state index in [9.17, 15) is 0 Å². The first-order chi connectivity index (χ1) is 9.20. The van der Waals surface area contributed by atoms with Crippen LogP contribution in [0.5, 0.6) is 0 Å². The quantitative estimate of drug-likeness (QED) is 0.899. The Morgan fingerprint density at radius 3 is 2.95 bits per heavy atom. The number of anilines is 1. The summed E-state index contributed by atoms with van der Waals surface area (Å²) in [6.45, 7) is 6.54. The summed E-state index contributed by atoms with van der Waals surface area (Å²) >= 11 is 3.55. The number of rotatable bonds is 5. The van der Waals surface area contributed by atoms with Crippen molar-refractivity contribution >= 4 is 21.6 Å². The molecule has 2 atom stereocenters. The van der Waals surface area contributed by atoms with Crippen molar-refractivity contribution in [2.45, 2.75) is 19.4 Å². The number of piperidine rings is 1. The molecule has 1 fully saturated rings. The van der Waals surface area contributed by atoms with Gasteiger partial charge in [0.2, 0.25) is 0 Å². The van der Waals surface area contributed by atoms with Crippen LogP contribution in [0.4, 0.5) is 5.69 Å². The summed E-state index contributed by atoms with van der Waals surface area (Å²) in [4.78, 5) is 2.48. The van der Waals surface area contributed by atoms with Crippen LogP contribution in [0.25, 0.3) is 0 Å². The molecule has 106 valence electrons. The van der Waals surface area contributed by atoms with E-state index in [2.05, 4.69) is 51.3 Å². The molecule has 4 heteroatoms. The first kappa shape index (κ1) is 14.8. The number of benzene rings is 1. The van der Waals surface area contributed by atoms with Crippen LogP contribution in [0.2, 0.25) is 0 Å². The molecule has 1 aliphatic heterocycles. The van der Waals surface area contributed by atoms with Crippen molar-refractivity contribution in [2.75, 3.05) is 38.6 Å². The minimum absolute atomic E-state index is 0.386. The summed E-state index contributed by atoms with van der Waals surface area (Å²) in [7, 11) is 1.82. The van der Waals surface area contributed by atoms with Gasteiger partial charge in [-0.25, -0.2) is 0 Å². The smallest absolute Gasteiger partial charge is 0.0724 e. The van der Waals surface area contributed by atoms with Crippen LogP contribution in [0, 0.1) is 5.92 Å². The van der Waals surface area contributed by atoms with E-state index in [4.69, 9.17) is 4.74 Å². The van der Waals surface area contributed by atoms with Gasteiger partial charge in [-0.05, 0) is 46.9 Å². The van der Waals surface area contributed by atoms with Gasteiger partial charge in [-0.1, -0.05) is 19.1 Å². The zero-order valence-electron chi connectivity index (χ0n) is 11.7. The van der Waals surface area contributed by atoms with Gasteiger partial charge < -0.3 is 10.1 Å². The van der Waals surface area contributed by atoms with Gasteiger partial charge in [-0.3, -0.25) is 4.90 Å². The predicted octanol–water partition coefficient (Wildman–Crippen LogP) is 3.22. The number of para-hydroxylation sites is 1. The van der Waals surface area contributed by atoms with E-state index in [-0.39, 0.29) is 0 Å². The van der Waals surface area contributed by atoms with Crippen LogP contribution < -0.4 is 5.32 Å². The second-order valence-electron chi connectivity index (χ2n) is 5.25. The Kier molecular flexibility index (Phi) is 5.67. The minimum Gasteiger partial charge on any atom is -0.383 e. The zero-order valence-corrected chi connectivity index (χ0v) is 13.3. The number of hydrogen-bond acceptors (Lipinski definition) is 3. The van der Waals surface area contributed by atoms with E-state index in [1.807, 2.05) is 13.2 Å². The lowest BCUT2D eigenvalue weighted by atomic mass is 9.96. The maximum Gasteiger partial charge on any atom is 0.0724 e. The standard InChI is InChI=1S/C15H23BrN2O/c1-12-7-9-18(11-15(12)19-2)10-8-17-14-6-4-3-5-13(14)16/h3-6,12,15,17H,7-11H2,1-2H3. The summed E-state index contributed by atoms with van der Waals surface area (Å²) in [5, 5.41) is 3.47. The topological polar surface area (TPSA) is 24.5 Å². The molecule has 2 rings (SSSR count). The van der Waals surface area contributed by atoms with Gasteiger partial charge in [-0.15, -0.1) is 0 Å². The third kappa shape index (κ3) is 4.20. The largest absolute Gasteiger partial charge is 0.383 e. The number of nitrogens with one attached hydrogen (secondary N) is 1. The average Bonchev–Trinajstić information content (AvgIpc) is 2.43. The first-order valence-electron chi connectivity index (χ1n) is 6.94. The van der Waals surface area contributed by atoms with Crippen LogP contribution >= 0.6 is 15.9 Å². The molecule has 0 saturated carbocycles. The Hall–Kier alpha value is -0.580. The molecule has 1 aromatic rings. The highest BCUT2D eigenvalue weighted by molar-refractivity contribution is 9.10. The van der Waals surface area contributed by atoms with Crippen molar-refractivity contribution in [2.24, 2.45) is 5.92 Å². The molecule has 0 aromatic heterocycles. The molecule has 1 heterocycles. The van der Waals surface area contributed by atoms with E-state index in [1.54, 1.807) is 0 Å². The van der Waals surface area contributed by atoms with Crippen LogP contribution in [-0.2, 0) is 4.74 Å². The lowest BCUT2D eigenvalue weighted by Crippen LogP contribution is -2.45. The van der Waals surface area contributed by atoms with Crippen molar-refractivity contribution in [3.8, 4) is 0 Å². The average molecular weight is 327 g/mol. The molecule has 1 N–H and O–H groups in total. The monoisotopic (exact) mass is 326 g/mol. The lowest BCUT2D eigenvalue weighted by Gasteiger charge is -2.36. The number of ether oxygens (including phenoxy) is 1. The number of methoxy groups -OCH3 is 1. The van der Waals surface area contributed by atoms with E-state index in [0.717, 1.165) is 29.8 Å². The molecule has 1 saturated heterocycles. The zero-order chi connectivity index (χ0) is 13.7. The van der Waals surface area contributed by atoms with Crippen LogP contribution in [-0.4, -0.2) is 44.3 Å². The Morgan fingerprint density at radius 1 is 1.42 bits per heavy atom. The van der Waals surface area contributed by atoms with Gasteiger partial charge in [0.1, 0.15) is 0 Å². The van der Waals surface area contributed by atoms with E-state index in [1.165, 1.54) is 13.0 Å². The number of halogens is 1. The molecule has 0 aliphatic carbocycles. The maximum atomic E-state index is 5.55. The first-order valence-corrected chi connectivity index (χ1v) is 7.73. The van der Waals surface area contributed by atoms with Crippen molar-refractivity contribution < 1.29 is 4.74 Å². The van der Waals surface area contributed by atoms with Crippen LogP contribution in [0.15, 0.2) is 28.7 Å². The number of likely N-dealkylation sites (tertiary alicyclic amines) is 1. The molecule has 1 aromatic carbocycles. The summed E-state index contributed by atoms with van der Waals surface area (Å²) < 4.78 is 6.67. The van der Waals surface area contributed by atoms with Crippen LogP contribution in [0.3, 0.4) is 0 Å². The molecular formula is C15H23BrN2O. The molecular weight excluding hydrogens is 304 g/mol. The number of hydrogen-bond donors (Lipinski definition) is 1. The minimum atomic E-state index is 0.386. The molecule has 0 radical (unpaired) electrons. The van der Waals surface area contributed by atoms with Crippen molar-refractivity contribution in [1.82, 2.24) is 4.90 Å². The van der Waals surface area contributed by atoms with Crippen LogP contribution in [0.1, 0.15) is 13.3 Å². The molecule has 3 nitrogen and oxygen atoms in total. The Labute approximate surface area is 124 Å². The Bertz CT molecular complexity index is 399. The van der Waals surface area contributed by atoms with Gasteiger partial charge >= 0.3 is 0 Å². The number of nitrogens with zero attached hydrogens (tertiary/aromatic N) is 1. The fourth-order valence-corrected chi connectivity index (χ4v) is 2.99. The molecule has 0 bridgehead atoms. The summed E-state index contributed by atoms with van der Waals surface area (Å²) in [5.41, 5.74) is 1.16. The highest BCUT2D eigenvalue weighted by Gasteiger charge is 2.25. The van der Waals surface area contributed by atoms with Gasteiger partial charge in [0.15, 0.2) is 0 Å². The highest BCUT2D eigenvalue weighted by Crippen LogP contribution is 2.21.